The molecule has 5 rings (SSSR count). The van der Waals surface area contributed by atoms with E-state index in [1.807, 2.05) is 6.92 Å². The van der Waals surface area contributed by atoms with Crippen LogP contribution in [0.4, 0.5) is 5.82 Å². The number of ether oxygens (including phenoxy) is 1. The summed E-state index contributed by atoms with van der Waals surface area (Å²) in [5.74, 6) is 2.11. The molecule has 2 aliphatic heterocycles. The number of pyridine rings is 1. The van der Waals surface area contributed by atoms with Gasteiger partial charge in [-0.2, -0.15) is 4.98 Å². The molecule has 2 aromatic heterocycles. The molecule has 0 aliphatic carbocycles. The SMILES string of the molecule is Cc1ccc2nc(N3CCC(C)(NC4CCOCC4)CC3)c(-c3nc(C)no3)cc2c1. The van der Waals surface area contributed by atoms with E-state index in [2.05, 4.69) is 58.5 Å². The highest BCUT2D eigenvalue weighted by molar-refractivity contribution is 5.88. The second kappa shape index (κ2) is 8.20. The highest BCUT2D eigenvalue weighted by Gasteiger charge is 2.34. The topological polar surface area (TPSA) is 76.3 Å². The van der Waals surface area contributed by atoms with Gasteiger partial charge >= 0.3 is 0 Å². The van der Waals surface area contributed by atoms with Gasteiger partial charge in [0, 0.05) is 43.3 Å². The smallest absolute Gasteiger partial charge is 0.261 e. The monoisotopic (exact) mass is 421 g/mol. The number of aryl methyl sites for hydroxylation is 2. The van der Waals surface area contributed by atoms with Crippen LogP contribution in [0.25, 0.3) is 22.4 Å². The third-order valence-electron chi connectivity index (χ3n) is 6.65. The fraction of sp³-hybridized carbons (Fsp3) is 0.542. The first-order valence-electron chi connectivity index (χ1n) is 11.3. The zero-order valence-corrected chi connectivity index (χ0v) is 18.6. The number of rotatable bonds is 4. The first kappa shape index (κ1) is 20.4. The van der Waals surface area contributed by atoms with Gasteiger partial charge in [0.25, 0.3) is 5.89 Å². The molecule has 1 aromatic carbocycles. The summed E-state index contributed by atoms with van der Waals surface area (Å²) in [5, 5.41) is 9.03. The Bertz CT molecular complexity index is 1070. The molecule has 164 valence electrons. The molecule has 2 fully saturated rings. The van der Waals surface area contributed by atoms with E-state index in [1.54, 1.807) is 0 Å². The van der Waals surface area contributed by atoms with Crippen molar-refractivity contribution in [2.75, 3.05) is 31.2 Å². The van der Waals surface area contributed by atoms with Gasteiger partial charge in [0.2, 0.25) is 0 Å². The number of piperidine rings is 1. The number of benzene rings is 1. The van der Waals surface area contributed by atoms with E-state index < -0.39 is 0 Å². The molecule has 0 radical (unpaired) electrons. The van der Waals surface area contributed by atoms with Crippen LogP contribution in [0.15, 0.2) is 28.8 Å². The minimum Gasteiger partial charge on any atom is -0.381 e. The average Bonchev–Trinajstić information content (AvgIpc) is 3.20. The number of hydrogen-bond acceptors (Lipinski definition) is 7. The van der Waals surface area contributed by atoms with Crippen molar-refractivity contribution in [3.8, 4) is 11.5 Å². The van der Waals surface area contributed by atoms with Gasteiger partial charge in [0.15, 0.2) is 5.82 Å². The fourth-order valence-corrected chi connectivity index (χ4v) is 4.78. The van der Waals surface area contributed by atoms with Crippen molar-refractivity contribution < 1.29 is 9.26 Å². The van der Waals surface area contributed by atoms with Crippen LogP contribution in [0.1, 0.15) is 44.0 Å². The molecule has 0 amide bonds. The highest BCUT2D eigenvalue weighted by atomic mass is 16.5. The van der Waals surface area contributed by atoms with E-state index >= 15 is 0 Å². The van der Waals surface area contributed by atoms with Crippen molar-refractivity contribution in [2.45, 2.75) is 58.0 Å². The van der Waals surface area contributed by atoms with Gasteiger partial charge in [-0.15, -0.1) is 0 Å². The Balaban J connectivity index is 1.42. The largest absolute Gasteiger partial charge is 0.381 e. The summed E-state index contributed by atoms with van der Waals surface area (Å²) in [4.78, 5) is 11.9. The predicted molar refractivity (Wildman–Crippen MR) is 121 cm³/mol. The van der Waals surface area contributed by atoms with E-state index in [0.717, 1.165) is 74.3 Å². The lowest BCUT2D eigenvalue weighted by Crippen LogP contribution is -2.55. The molecule has 1 N–H and O–H groups in total. The molecule has 3 aromatic rings. The molecule has 0 bridgehead atoms. The Morgan fingerprint density at radius 2 is 1.84 bits per heavy atom. The second-order valence-corrected chi connectivity index (χ2v) is 9.28. The van der Waals surface area contributed by atoms with Crippen LogP contribution in [0.5, 0.6) is 0 Å². The molecule has 0 spiro atoms. The highest BCUT2D eigenvalue weighted by Crippen LogP contribution is 2.35. The van der Waals surface area contributed by atoms with Gasteiger partial charge in [-0.25, -0.2) is 4.98 Å². The molecule has 2 aliphatic rings. The van der Waals surface area contributed by atoms with Gasteiger partial charge in [-0.1, -0.05) is 16.8 Å². The maximum atomic E-state index is 5.55. The van der Waals surface area contributed by atoms with Gasteiger partial charge in [-0.3, -0.25) is 0 Å². The summed E-state index contributed by atoms with van der Waals surface area (Å²) in [5.41, 5.74) is 3.27. The van der Waals surface area contributed by atoms with Crippen molar-refractivity contribution >= 4 is 16.7 Å². The molecule has 0 unspecified atom stereocenters. The minimum atomic E-state index is 0.147. The first-order valence-corrected chi connectivity index (χ1v) is 11.3. The van der Waals surface area contributed by atoms with E-state index in [1.165, 1.54) is 5.56 Å². The van der Waals surface area contributed by atoms with Crippen LogP contribution in [0.2, 0.25) is 0 Å². The number of hydrogen-bond donors (Lipinski definition) is 1. The van der Waals surface area contributed by atoms with Crippen LogP contribution < -0.4 is 10.2 Å². The number of fused-ring (bicyclic) bond motifs is 1. The van der Waals surface area contributed by atoms with Crippen LogP contribution in [-0.4, -0.2) is 53.0 Å². The summed E-state index contributed by atoms with van der Waals surface area (Å²) in [6, 6.07) is 9.07. The van der Waals surface area contributed by atoms with Gasteiger partial charge < -0.3 is 19.5 Å². The number of nitrogens with one attached hydrogen (secondary N) is 1. The Labute approximate surface area is 183 Å². The molecule has 4 heterocycles. The fourth-order valence-electron chi connectivity index (χ4n) is 4.78. The molecule has 2 saturated heterocycles. The lowest BCUT2D eigenvalue weighted by Gasteiger charge is -2.43. The van der Waals surface area contributed by atoms with Gasteiger partial charge in [-0.05, 0) is 64.7 Å². The second-order valence-electron chi connectivity index (χ2n) is 9.28. The van der Waals surface area contributed by atoms with Crippen molar-refractivity contribution in [1.29, 1.82) is 0 Å². The normalized spacial score (nSPS) is 19.8. The van der Waals surface area contributed by atoms with E-state index in [-0.39, 0.29) is 5.54 Å². The van der Waals surface area contributed by atoms with Crippen molar-refractivity contribution in [3.63, 3.8) is 0 Å². The maximum Gasteiger partial charge on any atom is 0.261 e. The number of nitrogens with zero attached hydrogens (tertiary/aromatic N) is 4. The Kier molecular flexibility index (Phi) is 5.40. The van der Waals surface area contributed by atoms with E-state index in [9.17, 15) is 0 Å². The first-order chi connectivity index (χ1) is 15.0. The minimum absolute atomic E-state index is 0.147. The van der Waals surface area contributed by atoms with Gasteiger partial charge in [0.1, 0.15) is 5.82 Å². The van der Waals surface area contributed by atoms with Crippen LogP contribution in [0, 0.1) is 13.8 Å². The Morgan fingerprint density at radius 3 is 2.55 bits per heavy atom. The third kappa shape index (κ3) is 4.29. The molecule has 0 atom stereocenters. The Hall–Kier alpha value is -2.51. The lowest BCUT2D eigenvalue weighted by atomic mass is 9.87. The van der Waals surface area contributed by atoms with Crippen LogP contribution >= 0.6 is 0 Å². The Morgan fingerprint density at radius 1 is 1.06 bits per heavy atom. The molecular formula is C24H31N5O2. The van der Waals surface area contributed by atoms with Gasteiger partial charge in [0.05, 0.1) is 11.1 Å². The number of aromatic nitrogens is 3. The summed E-state index contributed by atoms with van der Waals surface area (Å²) < 4.78 is 11.1. The predicted octanol–water partition coefficient (Wildman–Crippen LogP) is 4.03. The summed E-state index contributed by atoms with van der Waals surface area (Å²) in [6.45, 7) is 9.92. The third-order valence-corrected chi connectivity index (χ3v) is 6.65. The standard InChI is InChI=1S/C24H31N5O2/c1-16-4-5-21-18(14-16)15-20(23-25-17(2)28-31-23)22(26-21)29-10-8-24(3,9-11-29)27-19-6-12-30-13-7-19/h4-5,14-15,19,27H,6-13H2,1-3H3. The van der Waals surface area contributed by atoms with E-state index in [4.69, 9.17) is 14.2 Å². The molecule has 0 saturated carbocycles. The molecule has 7 heteroatoms. The molecular weight excluding hydrogens is 390 g/mol. The molecule has 31 heavy (non-hydrogen) atoms. The van der Waals surface area contributed by atoms with E-state index in [0.29, 0.717) is 17.8 Å². The van der Waals surface area contributed by atoms with Crippen molar-refractivity contribution in [2.24, 2.45) is 0 Å². The summed E-state index contributed by atoms with van der Waals surface area (Å²) in [7, 11) is 0. The number of anilines is 1. The average molecular weight is 422 g/mol. The van der Waals surface area contributed by atoms with Crippen molar-refractivity contribution in [1.82, 2.24) is 20.4 Å². The van der Waals surface area contributed by atoms with Crippen molar-refractivity contribution in [3.05, 3.63) is 35.7 Å². The zero-order valence-electron chi connectivity index (χ0n) is 18.6. The molecule has 7 nitrogen and oxygen atoms in total. The zero-order chi connectivity index (χ0) is 21.4. The lowest BCUT2D eigenvalue weighted by molar-refractivity contribution is 0.0662. The van der Waals surface area contributed by atoms with Crippen LogP contribution in [-0.2, 0) is 4.74 Å². The maximum absolute atomic E-state index is 5.55. The van der Waals surface area contributed by atoms with Crippen LogP contribution in [0.3, 0.4) is 0 Å². The summed E-state index contributed by atoms with van der Waals surface area (Å²) >= 11 is 0. The summed E-state index contributed by atoms with van der Waals surface area (Å²) in [6.07, 6.45) is 4.35. The quantitative estimate of drug-likeness (QED) is 0.681.